The lowest BCUT2D eigenvalue weighted by atomic mass is 10.0. The Kier molecular flexibility index (Phi) is 4.65. The Morgan fingerprint density at radius 1 is 1.33 bits per heavy atom. The molecule has 0 saturated carbocycles. The number of likely N-dealkylation sites (tertiary alicyclic amines) is 1. The Balaban J connectivity index is 2.28. The number of carbonyl (C=O) groups excluding carboxylic acids is 2. The lowest BCUT2D eigenvalue weighted by Gasteiger charge is -2.34. The number of aromatic nitrogens is 2. The number of carbonyl (C=O) groups is 2. The van der Waals surface area contributed by atoms with Gasteiger partial charge in [0.25, 0.3) is 5.91 Å². The molecule has 1 aromatic heterocycles. The molecule has 6 heteroatoms. The van der Waals surface area contributed by atoms with Crippen molar-refractivity contribution in [3.8, 4) is 0 Å². The summed E-state index contributed by atoms with van der Waals surface area (Å²) < 4.78 is 6.81. The summed E-state index contributed by atoms with van der Waals surface area (Å²) >= 11 is 0. The van der Waals surface area contributed by atoms with Gasteiger partial charge in [-0.3, -0.25) is 9.48 Å². The Hall–Kier alpha value is -1.85. The van der Waals surface area contributed by atoms with Gasteiger partial charge in [0.1, 0.15) is 6.04 Å². The van der Waals surface area contributed by atoms with E-state index in [-0.39, 0.29) is 11.9 Å². The highest BCUT2D eigenvalue weighted by molar-refractivity contribution is 5.98. The van der Waals surface area contributed by atoms with Crippen LogP contribution < -0.4 is 0 Å². The molecule has 1 aliphatic rings. The van der Waals surface area contributed by atoms with Crippen LogP contribution in [0.15, 0.2) is 0 Å². The van der Waals surface area contributed by atoms with Crippen molar-refractivity contribution in [2.75, 3.05) is 13.2 Å². The molecule has 1 atom stereocenters. The molecule has 21 heavy (non-hydrogen) atoms. The van der Waals surface area contributed by atoms with Gasteiger partial charge in [-0.2, -0.15) is 5.10 Å². The van der Waals surface area contributed by atoms with Gasteiger partial charge in [-0.05, 0) is 40.0 Å². The summed E-state index contributed by atoms with van der Waals surface area (Å²) in [5.74, 6) is -0.416. The summed E-state index contributed by atoms with van der Waals surface area (Å²) in [5, 5.41) is 4.29. The van der Waals surface area contributed by atoms with Crippen LogP contribution in [0.4, 0.5) is 0 Å². The van der Waals surface area contributed by atoms with Crippen molar-refractivity contribution >= 4 is 11.9 Å². The van der Waals surface area contributed by atoms with E-state index in [0.29, 0.717) is 30.8 Å². The first-order chi connectivity index (χ1) is 9.97. The molecule has 1 fully saturated rings. The van der Waals surface area contributed by atoms with Gasteiger partial charge in [0, 0.05) is 19.3 Å². The highest BCUT2D eigenvalue weighted by Crippen LogP contribution is 2.23. The maximum absolute atomic E-state index is 12.8. The van der Waals surface area contributed by atoms with Crippen molar-refractivity contribution in [3.63, 3.8) is 0 Å². The van der Waals surface area contributed by atoms with E-state index >= 15 is 0 Å². The zero-order valence-corrected chi connectivity index (χ0v) is 13.2. The standard InChI is InChI=1S/C15H23N3O3/c1-5-21-15(20)12-8-6-7-9-18(12)14(19)13-10(2)16-17(4)11(13)3/h12H,5-9H2,1-4H3. The molecule has 1 aliphatic heterocycles. The second-order valence-corrected chi connectivity index (χ2v) is 5.43. The van der Waals surface area contributed by atoms with Gasteiger partial charge in [-0.1, -0.05) is 0 Å². The molecular formula is C15H23N3O3. The van der Waals surface area contributed by atoms with E-state index < -0.39 is 6.04 Å². The van der Waals surface area contributed by atoms with Crippen molar-refractivity contribution in [3.05, 3.63) is 17.0 Å². The third-order valence-corrected chi connectivity index (χ3v) is 4.05. The first-order valence-corrected chi connectivity index (χ1v) is 7.45. The van der Waals surface area contributed by atoms with E-state index in [1.807, 2.05) is 20.9 Å². The molecule has 0 N–H and O–H groups in total. The van der Waals surface area contributed by atoms with E-state index in [2.05, 4.69) is 5.10 Å². The molecule has 1 unspecified atom stereocenters. The van der Waals surface area contributed by atoms with Crippen molar-refractivity contribution in [1.82, 2.24) is 14.7 Å². The zero-order valence-electron chi connectivity index (χ0n) is 13.2. The Labute approximate surface area is 125 Å². The number of nitrogens with zero attached hydrogens (tertiary/aromatic N) is 3. The molecule has 0 bridgehead atoms. The van der Waals surface area contributed by atoms with E-state index in [0.717, 1.165) is 18.5 Å². The van der Waals surface area contributed by atoms with Crippen molar-refractivity contribution in [2.24, 2.45) is 7.05 Å². The summed E-state index contributed by atoms with van der Waals surface area (Å²) in [6.45, 7) is 6.40. The van der Waals surface area contributed by atoms with E-state index in [1.54, 1.807) is 16.5 Å². The fraction of sp³-hybridized carbons (Fsp3) is 0.667. The van der Waals surface area contributed by atoms with Crippen LogP contribution >= 0.6 is 0 Å². The molecule has 1 amide bonds. The minimum absolute atomic E-state index is 0.115. The minimum atomic E-state index is -0.467. The Morgan fingerprint density at radius 3 is 2.62 bits per heavy atom. The first kappa shape index (κ1) is 15.5. The van der Waals surface area contributed by atoms with Crippen molar-refractivity contribution in [2.45, 2.75) is 46.1 Å². The summed E-state index contributed by atoms with van der Waals surface area (Å²) in [7, 11) is 1.82. The number of amides is 1. The Bertz CT molecular complexity index is 551. The molecule has 0 aliphatic carbocycles. The first-order valence-electron chi connectivity index (χ1n) is 7.45. The number of esters is 1. The van der Waals surface area contributed by atoms with Crippen LogP contribution in [0.1, 0.15) is 47.9 Å². The fourth-order valence-electron chi connectivity index (χ4n) is 2.88. The highest BCUT2D eigenvalue weighted by atomic mass is 16.5. The summed E-state index contributed by atoms with van der Waals surface area (Å²) in [5.41, 5.74) is 2.13. The van der Waals surface area contributed by atoms with Gasteiger partial charge in [-0.15, -0.1) is 0 Å². The predicted octanol–water partition coefficient (Wildman–Crippen LogP) is 1.59. The van der Waals surface area contributed by atoms with E-state index in [4.69, 9.17) is 4.74 Å². The van der Waals surface area contributed by atoms with Crippen LogP contribution in [0.2, 0.25) is 0 Å². The molecule has 0 radical (unpaired) electrons. The second kappa shape index (κ2) is 6.28. The van der Waals surface area contributed by atoms with E-state index in [9.17, 15) is 9.59 Å². The summed E-state index contributed by atoms with van der Waals surface area (Å²) in [4.78, 5) is 26.6. The monoisotopic (exact) mass is 293 g/mol. The van der Waals surface area contributed by atoms with Crippen LogP contribution in [0.5, 0.6) is 0 Å². The molecule has 1 saturated heterocycles. The van der Waals surface area contributed by atoms with Crippen LogP contribution in [-0.4, -0.2) is 45.8 Å². The quantitative estimate of drug-likeness (QED) is 0.794. The number of piperidine rings is 1. The molecule has 2 heterocycles. The van der Waals surface area contributed by atoms with Crippen molar-refractivity contribution in [1.29, 1.82) is 0 Å². The number of rotatable bonds is 3. The van der Waals surface area contributed by atoms with Crippen LogP contribution in [0.3, 0.4) is 0 Å². The molecule has 6 nitrogen and oxygen atoms in total. The normalized spacial score (nSPS) is 18.7. The van der Waals surface area contributed by atoms with Crippen LogP contribution in [-0.2, 0) is 16.6 Å². The maximum atomic E-state index is 12.8. The average molecular weight is 293 g/mol. The van der Waals surface area contributed by atoms with Gasteiger partial charge in [0.15, 0.2) is 0 Å². The fourth-order valence-corrected chi connectivity index (χ4v) is 2.88. The molecular weight excluding hydrogens is 270 g/mol. The highest BCUT2D eigenvalue weighted by Gasteiger charge is 2.35. The third kappa shape index (κ3) is 2.94. The zero-order chi connectivity index (χ0) is 15.6. The molecule has 0 spiro atoms. The second-order valence-electron chi connectivity index (χ2n) is 5.43. The summed E-state index contributed by atoms with van der Waals surface area (Å²) in [6, 6.07) is -0.467. The lowest BCUT2D eigenvalue weighted by molar-refractivity contribution is -0.149. The van der Waals surface area contributed by atoms with Crippen molar-refractivity contribution < 1.29 is 14.3 Å². The molecule has 1 aromatic rings. The van der Waals surface area contributed by atoms with Gasteiger partial charge in [-0.25, -0.2) is 4.79 Å². The molecule has 116 valence electrons. The van der Waals surface area contributed by atoms with Gasteiger partial charge < -0.3 is 9.64 Å². The topological polar surface area (TPSA) is 64.4 Å². The lowest BCUT2D eigenvalue weighted by Crippen LogP contribution is -2.49. The minimum Gasteiger partial charge on any atom is -0.464 e. The van der Waals surface area contributed by atoms with Gasteiger partial charge in [0.05, 0.1) is 17.9 Å². The predicted molar refractivity (Wildman–Crippen MR) is 78.0 cm³/mol. The van der Waals surface area contributed by atoms with Gasteiger partial charge in [0.2, 0.25) is 0 Å². The van der Waals surface area contributed by atoms with Crippen LogP contribution in [0, 0.1) is 13.8 Å². The number of ether oxygens (including phenoxy) is 1. The van der Waals surface area contributed by atoms with Crippen LogP contribution in [0.25, 0.3) is 0 Å². The largest absolute Gasteiger partial charge is 0.464 e. The molecule has 2 rings (SSSR count). The smallest absolute Gasteiger partial charge is 0.328 e. The van der Waals surface area contributed by atoms with Gasteiger partial charge >= 0.3 is 5.97 Å². The number of aryl methyl sites for hydroxylation is 2. The number of hydrogen-bond acceptors (Lipinski definition) is 4. The summed E-state index contributed by atoms with van der Waals surface area (Å²) in [6.07, 6.45) is 2.53. The van der Waals surface area contributed by atoms with E-state index in [1.165, 1.54) is 0 Å². The number of hydrogen-bond donors (Lipinski definition) is 0. The average Bonchev–Trinajstić information content (AvgIpc) is 2.72. The SMILES string of the molecule is CCOC(=O)C1CCCCN1C(=O)c1c(C)nn(C)c1C. The Morgan fingerprint density at radius 2 is 2.05 bits per heavy atom. The maximum Gasteiger partial charge on any atom is 0.328 e. The third-order valence-electron chi connectivity index (χ3n) is 4.05. The molecule has 0 aromatic carbocycles.